The van der Waals surface area contributed by atoms with Gasteiger partial charge < -0.3 is 15.0 Å². The van der Waals surface area contributed by atoms with Crippen LogP contribution in [0.5, 0.6) is 5.75 Å². The van der Waals surface area contributed by atoms with Gasteiger partial charge in [-0.1, -0.05) is 12.1 Å². The molecule has 2 amide bonds. The monoisotopic (exact) mass is 346 g/mol. The molecule has 0 saturated heterocycles. The number of aryl methyl sites for hydroxylation is 1. The number of nitrogens with zero attached hydrogens (tertiary/aromatic N) is 1. The van der Waals surface area contributed by atoms with E-state index in [1.807, 2.05) is 44.2 Å². The molecule has 5 nitrogen and oxygen atoms in total. The second kappa shape index (κ2) is 8.49. The van der Waals surface area contributed by atoms with Gasteiger partial charge in [0.2, 0.25) is 5.91 Å². The van der Waals surface area contributed by atoms with Gasteiger partial charge in [-0.3, -0.25) is 9.59 Å². The quantitative estimate of drug-likeness (QED) is 0.839. The summed E-state index contributed by atoms with van der Waals surface area (Å²) in [7, 11) is 1.72. The van der Waals surface area contributed by atoms with E-state index < -0.39 is 0 Å². The standard InChI is InChI=1S/C18H22N2O3S/c1-4-23-15-8-6-14(7-9-15)12-20(3)17(21)11-19-18(22)16-10-5-13(2)24-16/h5-10H,4,11-12H2,1-3H3,(H,19,22). The van der Waals surface area contributed by atoms with Gasteiger partial charge in [0, 0.05) is 18.5 Å². The number of nitrogens with one attached hydrogen (secondary N) is 1. The fraction of sp³-hybridized carbons (Fsp3) is 0.333. The summed E-state index contributed by atoms with van der Waals surface area (Å²) in [5.41, 5.74) is 1.01. The van der Waals surface area contributed by atoms with E-state index in [0.29, 0.717) is 18.0 Å². The second-order valence-corrected chi connectivity index (χ2v) is 6.71. The predicted molar refractivity (Wildman–Crippen MR) is 95.5 cm³/mol. The van der Waals surface area contributed by atoms with Crippen molar-refractivity contribution in [3.63, 3.8) is 0 Å². The number of thiophene rings is 1. The molecule has 1 aromatic carbocycles. The molecule has 1 aromatic heterocycles. The van der Waals surface area contributed by atoms with E-state index in [9.17, 15) is 9.59 Å². The van der Waals surface area contributed by atoms with Crippen molar-refractivity contribution in [2.24, 2.45) is 0 Å². The highest BCUT2D eigenvalue weighted by Crippen LogP contribution is 2.15. The summed E-state index contributed by atoms with van der Waals surface area (Å²) in [6.07, 6.45) is 0. The van der Waals surface area contributed by atoms with Crippen LogP contribution in [0.25, 0.3) is 0 Å². The molecular formula is C18H22N2O3S. The number of carbonyl (C=O) groups is 2. The maximum Gasteiger partial charge on any atom is 0.261 e. The van der Waals surface area contributed by atoms with Gasteiger partial charge in [-0.15, -0.1) is 11.3 Å². The first kappa shape index (κ1) is 18.0. The molecule has 0 fully saturated rings. The van der Waals surface area contributed by atoms with E-state index in [-0.39, 0.29) is 18.4 Å². The molecule has 0 aliphatic rings. The molecule has 0 bridgehead atoms. The van der Waals surface area contributed by atoms with Gasteiger partial charge in [-0.25, -0.2) is 0 Å². The number of amides is 2. The van der Waals surface area contributed by atoms with Crippen molar-refractivity contribution in [3.8, 4) is 5.75 Å². The van der Waals surface area contributed by atoms with Crippen molar-refractivity contribution in [3.05, 3.63) is 51.7 Å². The van der Waals surface area contributed by atoms with Crippen LogP contribution in [0.3, 0.4) is 0 Å². The first-order chi connectivity index (χ1) is 11.5. The molecule has 0 radical (unpaired) electrons. The molecule has 1 N–H and O–H groups in total. The highest BCUT2D eigenvalue weighted by atomic mass is 32.1. The lowest BCUT2D eigenvalue weighted by molar-refractivity contribution is -0.129. The van der Waals surface area contributed by atoms with E-state index in [1.165, 1.54) is 11.3 Å². The Labute approximate surface area is 146 Å². The zero-order valence-corrected chi connectivity index (χ0v) is 15.0. The SMILES string of the molecule is CCOc1ccc(CN(C)C(=O)CNC(=O)c2ccc(C)s2)cc1. The Morgan fingerprint density at radius 3 is 2.46 bits per heavy atom. The Bertz CT molecular complexity index is 695. The Morgan fingerprint density at radius 1 is 1.17 bits per heavy atom. The highest BCUT2D eigenvalue weighted by Gasteiger charge is 2.13. The van der Waals surface area contributed by atoms with Gasteiger partial charge in [0.25, 0.3) is 5.91 Å². The van der Waals surface area contributed by atoms with Gasteiger partial charge in [0.1, 0.15) is 5.75 Å². The van der Waals surface area contributed by atoms with E-state index >= 15 is 0 Å². The fourth-order valence-electron chi connectivity index (χ4n) is 2.15. The highest BCUT2D eigenvalue weighted by molar-refractivity contribution is 7.13. The van der Waals surface area contributed by atoms with Crippen molar-refractivity contribution < 1.29 is 14.3 Å². The third kappa shape index (κ3) is 5.09. The zero-order chi connectivity index (χ0) is 17.5. The summed E-state index contributed by atoms with van der Waals surface area (Å²) >= 11 is 1.41. The Hall–Kier alpha value is -2.34. The van der Waals surface area contributed by atoms with Crippen molar-refractivity contribution >= 4 is 23.2 Å². The molecule has 0 unspecified atom stereocenters. The molecule has 128 valence electrons. The average molecular weight is 346 g/mol. The first-order valence-corrected chi connectivity index (χ1v) is 8.61. The Kier molecular flexibility index (Phi) is 6.37. The van der Waals surface area contributed by atoms with Crippen molar-refractivity contribution in [2.75, 3.05) is 20.2 Å². The largest absolute Gasteiger partial charge is 0.494 e. The molecule has 1 heterocycles. The van der Waals surface area contributed by atoms with Crippen LogP contribution in [-0.4, -0.2) is 36.9 Å². The van der Waals surface area contributed by atoms with Crippen molar-refractivity contribution in [1.82, 2.24) is 10.2 Å². The summed E-state index contributed by atoms with van der Waals surface area (Å²) in [4.78, 5) is 27.4. The summed E-state index contributed by atoms with van der Waals surface area (Å²) in [6, 6.07) is 11.3. The summed E-state index contributed by atoms with van der Waals surface area (Å²) in [6.45, 7) is 4.98. The molecule has 0 spiro atoms. The third-order valence-corrected chi connectivity index (χ3v) is 4.44. The summed E-state index contributed by atoms with van der Waals surface area (Å²) < 4.78 is 5.39. The number of hydrogen-bond acceptors (Lipinski definition) is 4. The van der Waals surface area contributed by atoms with E-state index in [1.54, 1.807) is 18.0 Å². The van der Waals surface area contributed by atoms with Crippen LogP contribution < -0.4 is 10.1 Å². The van der Waals surface area contributed by atoms with Crippen LogP contribution in [0.15, 0.2) is 36.4 Å². The number of benzene rings is 1. The number of hydrogen-bond donors (Lipinski definition) is 1. The van der Waals surface area contributed by atoms with Gasteiger partial charge in [0.15, 0.2) is 0 Å². The maximum absolute atomic E-state index is 12.1. The normalized spacial score (nSPS) is 10.3. The van der Waals surface area contributed by atoms with Crippen LogP contribution in [0.1, 0.15) is 27.0 Å². The van der Waals surface area contributed by atoms with E-state index in [2.05, 4.69) is 5.32 Å². The summed E-state index contributed by atoms with van der Waals surface area (Å²) in [5.74, 6) is 0.468. The smallest absolute Gasteiger partial charge is 0.261 e. The topological polar surface area (TPSA) is 58.6 Å². The summed E-state index contributed by atoms with van der Waals surface area (Å²) in [5, 5.41) is 2.66. The van der Waals surface area contributed by atoms with Gasteiger partial charge >= 0.3 is 0 Å². The van der Waals surface area contributed by atoms with E-state index in [4.69, 9.17) is 4.74 Å². The molecule has 0 saturated carbocycles. The zero-order valence-electron chi connectivity index (χ0n) is 14.2. The Morgan fingerprint density at radius 2 is 1.88 bits per heavy atom. The number of likely N-dealkylation sites (N-methyl/N-ethyl adjacent to an activating group) is 1. The second-order valence-electron chi connectivity index (χ2n) is 5.42. The number of carbonyl (C=O) groups excluding carboxylic acids is 2. The minimum atomic E-state index is -0.212. The van der Waals surface area contributed by atoms with Gasteiger partial charge in [-0.05, 0) is 43.7 Å². The average Bonchev–Trinajstić information content (AvgIpc) is 3.01. The van der Waals surface area contributed by atoms with Gasteiger partial charge in [-0.2, -0.15) is 0 Å². The molecular weight excluding hydrogens is 324 g/mol. The van der Waals surface area contributed by atoms with Crippen LogP contribution >= 0.6 is 11.3 Å². The lowest BCUT2D eigenvalue weighted by Crippen LogP contribution is -2.37. The molecule has 6 heteroatoms. The minimum Gasteiger partial charge on any atom is -0.494 e. The van der Waals surface area contributed by atoms with E-state index in [0.717, 1.165) is 16.2 Å². The van der Waals surface area contributed by atoms with Crippen molar-refractivity contribution in [2.45, 2.75) is 20.4 Å². The molecule has 0 aliphatic heterocycles. The van der Waals surface area contributed by atoms with Crippen LogP contribution in [0, 0.1) is 6.92 Å². The van der Waals surface area contributed by atoms with Crippen molar-refractivity contribution in [1.29, 1.82) is 0 Å². The number of rotatable bonds is 7. The number of ether oxygens (including phenoxy) is 1. The maximum atomic E-state index is 12.1. The fourth-order valence-corrected chi connectivity index (χ4v) is 2.94. The minimum absolute atomic E-state index is 0.0106. The first-order valence-electron chi connectivity index (χ1n) is 7.80. The van der Waals surface area contributed by atoms with Crippen LogP contribution in [0.4, 0.5) is 0 Å². The molecule has 2 aromatic rings. The lowest BCUT2D eigenvalue weighted by atomic mass is 10.2. The Balaban J connectivity index is 1.82. The third-order valence-electron chi connectivity index (χ3n) is 3.44. The molecule has 24 heavy (non-hydrogen) atoms. The predicted octanol–water partition coefficient (Wildman–Crippen LogP) is 2.84. The van der Waals surface area contributed by atoms with Gasteiger partial charge in [0.05, 0.1) is 18.0 Å². The lowest BCUT2D eigenvalue weighted by Gasteiger charge is -2.17. The van der Waals surface area contributed by atoms with Crippen LogP contribution in [0.2, 0.25) is 0 Å². The molecule has 0 aliphatic carbocycles. The molecule has 0 atom stereocenters. The molecule has 2 rings (SSSR count). The van der Waals surface area contributed by atoms with Crippen LogP contribution in [-0.2, 0) is 11.3 Å².